The van der Waals surface area contributed by atoms with E-state index in [1.807, 2.05) is 0 Å². The van der Waals surface area contributed by atoms with Crippen LogP contribution in [0.1, 0.15) is 9.67 Å². The molecule has 0 unspecified atom stereocenters. The van der Waals surface area contributed by atoms with Crippen LogP contribution in [0.25, 0.3) is 0 Å². The SMILES string of the molecule is COC(=O)c1cnc(Nc2cc(OC)ccc2OC)s1. The number of aromatic nitrogens is 1. The van der Waals surface area contributed by atoms with Gasteiger partial charge in [-0.1, -0.05) is 11.3 Å². The summed E-state index contributed by atoms with van der Waals surface area (Å²) in [6, 6.07) is 5.37. The number of carbonyl (C=O) groups excluding carboxylic acids is 1. The van der Waals surface area contributed by atoms with Crippen LogP contribution in [0.3, 0.4) is 0 Å². The van der Waals surface area contributed by atoms with Gasteiger partial charge in [0.1, 0.15) is 16.4 Å². The lowest BCUT2D eigenvalue weighted by Gasteiger charge is -2.10. The zero-order valence-corrected chi connectivity index (χ0v) is 12.1. The van der Waals surface area contributed by atoms with Crippen LogP contribution in [0.4, 0.5) is 10.8 Å². The molecule has 0 saturated carbocycles. The van der Waals surface area contributed by atoms with Crippen molar-refractivity contribution >= 4 is 28.1 Å². The van der Waals surface area contributed by atoms with Crippen molar-refractivity contribution in [3.05, 3.63) is 29.3 Å². The van der Waals surface area contributed by atoms with Gasteiger partial charge in [-0.25, -0.2) is 9.78 Å². The van der Waals surface area contributed by atoms with Crippen LogP contribution in [0.2, 0.25) is 0 Å². The highest BCUT2D eigenvalue weighted by Gasteiger charge is 2.12. The van der Waals surface area contributed by atoms with Gasteiger partial charge in [-0.15, -0.1) is 0 Å². The smallest absolute Gasteiger partial charge is 0.349 e. The standard InChI is InChI=1S/C13H14N2O4S/c1-17-8-4-5-10(18-2)9(6-8)15-13-14-7-11(20-13)12(16)19-3/h4-7H,1-3H3,(H,14,15). The van der Waals surface area contributed by atoms with Crippen LogP contribution in [-0.4, -0.2) is 32.3 Å². The predicted molar refractivity (Wildman–Crippen MR) is 76.3 cm³/mol. The van der Waals surface area contributed by atoms with Gasteiger partial charge in [0.15, 0.2) is 5.13 Å². The average molecular weight is 294 g/mol. The summed E-state index contributed by atoms with van der Waals surface area (Å²) in [7, 11) is 4.50. The van der Waals surface area contributed by atoms with Crippen molar-refractivity contribution in [3.63, 3.8) is 0 Å². The van der Waals surface area contributed by atoms with E-state index in [-0.39, 0.29) is 0 Å². The van der Waals surface area contributed by atoms with Crippen LogP contribution < -0.4 is 14.8 Å². The number of ether oxygens (including phenoxy) is 3. The maximum Gasteiger partial charge on any atom is 0.349 e. The first-order valence-corrected chi connectivity index (χ1v) is 6.52. The first-order chi connectivity index (χ1) is 9.67. The lowest BCUT2D eigenvalue weighted by atomic mass is 10.2. The molecule has 0 spiro atoms. The molecule has 0 radical (unpaired) electrons. The van der Waals surface area contributed by atoms with Gasteiger partial charge in [0.25, 0.3) is 0 Å². The van der Waals surface area contributed by atoms with Gasteiger partial charge in [-0.3, -0.25) is 0 Å². The molecule has 1 N–H and O–H groups in total. The van der Waals surface area contributed by atoms with Crippen LogP contribution in [0, 0.1) is 0 Å². The molecule has 0 bridgehead atoms. The summed E-state index contributed by atoms with van der Waals surface area (Å²) >= 11 is 1.20. The Bertz CT molecular complexity index is 612. The van der Waals surface area contributed by atoms with Crippen molar-refractivity contribution in [2.45, 2.75) is 0 Å². The normalized spacial score (nSPS) is 9.95. The Hall–Kier alpha value is -2.28. The number of carbonyl (C=O) groups is 1. The molecule has 0 aliphatic carbocycles. The van der Waals surface area contributed by atoms with Crippen molar-refractivity contribution in [1.82, 2.24) is 4.98 Å². The average Bonchev–Trinajstić information content (AvgIpc) is 2.94. The summed E-state index contributed by atoms with van der Waals surface area (Å²) in [5, 5.41) is 3.66. The number of hydrogen-bond donors (Lipinski definition) is 1. The van der Waals surface area contributed by atoms with E-state index in [1.54, 1.807) is 32.4 Å². The van der Waals surface area contributed by atoms with Crippen molar-refractivity contribution in [2.75, 3.05) is 26.6 Å². The fourth-order valence-corrected chi connectivity index (χ4v) is 2.30. The number of esters is 1. The number of benzene rings is 1. The third-order valence-corrected chi connectivity index (χ3v) is 3.43. The summed E-state index contributed by atoms with van der Waals surface area (Å²) in [5.74, 6) is 0.937. The molecule has 0 aliphatic rings. The molecule has 2 rings (SSSR count). The van der Waals surface area contributed by atoms with Crippen LogP contribution in [0.15, 0.2) is 24.4 Å². The molecule has 2 aromatic rings. The fourth-order valence-electron chi connectivity index (χ4n) is 1.55. The first-order valence-electron chi connectivity index (χ1n) is 5.71. The number of anilines is 2. The lowest BCUT2D eigenvalue weighted by Crippen LogP contribution is -1.97. The van der Waals surface area contributed by atoms with E-state index in [4.69, 9.17) is 9.47 Å². The molecule has 0 atom stereocenters. The third-order valence-electron chi connectivity index (χ3n) is 2.54. The van der Waals surface area contributed by atoms with E-state index in [9.17, 15) is 4.79 Å². The number of nitrogens with one attached hydrogen (secondary N) is 1. The summed E-state index contributed by atoms with van der Waals surface area (Å²) in [5.41, 5.74) is 0.706. The maximum atomic E-state index is 11.4. The van der Waals surface area contributed by atoms with Crippen molar-refractivity contribution in [2.24, 2.45) is 0 Å². The summed E-state index contributed by atoms with van der Waals surface area (Å²) in [4.78, 5) is 15.9. The number of hydrogen-bond acceptors (Lipinski definition) is 7. The summed E-state index contributed by atoms with van der Waals surface area (Å²) in [6.45, 7) is 0. The van der Waals surface area contributed by atoms with Gasteiger partial charge in [-0.05, 0) is 12.1 Å². The lowest BCUT2D eigenvalue weighted by molar-refractivity contribution is 0.0606. The molecule has 1 aromatic heterocycles. The Morgan fingerprint density at radius 1 is 1.25 bits per heavy atom. The Morgan fingerprint density at radius 3 is 2.70 bits per heavy atom. The molecule has 0 amide bonds. The highest BCUT2D eigenvalue weighted by molar-refractivity contribution is 7.17. The second-order valence-corrected chi connectivity index (χ2v) is 4.74. The largest absolute Gasteiger partial charge is 0.497 e. The molecule has 106 valence electrons. The Balaban J connectivity index is 2.24. The van der Waals surface area contributed by atoms with Gasteiger partial charge >= 0.3 is 5.97 Å². The Kier molecular flexibility index (Phi) is 4.41. The van der Waals surface area contributed by atoms with Gasteiger partial charge in [0, 0.05) is 6.07 Å². The number of nitrogens with zero attached hydrogens (tertiary/aromatic N) is 1. The molecule has 1 aromatic carbocycles. The van der Waals surface area contributed by atoms with Gasteiger partial charge in [-0.2, -0.15) is 0 Å². The van der Waals surface area contributed by atoms with Gasteiger partial charge in [0.05, 0.1) is 33.2 Å². The van der Waals surface area contributed by atoms with E-state index < -0.39 is 5.97 Å². The zero-order chi connectivity index (χ0) is 14.5. The molecular formula is C13H14N2O4S. The molecule has 0 aliphatic heterocycles. The monoisotopic (exact) mass is 294 g/mol. The zero-order valence-electron chi connectivity index (χ0n) is 11.3. The molecule has 6 nitrogen and oxygen atoms in total. The minimum atomic E-state index is -0.409. The second kappa shape index (κ2) is 6.25. The third kappa shape index (κ3) is 3.00. The summed E-state index contributed by atoms with van der Waals surface area (Å²) in [6.07, 6.45) is 1.46. The minimum absolute atomic E-state index is 0.409. The minimum Gasteiger partial charge on any atom is -0.497 e. The highest BCUT2D eigenvalue weighted by atomic mass is 32.1. The van der Waals surface area contributed by atoms with E-state index >= 15 is 0 Å². The van der Waals surface area contributed by atoms with Crippen LogP contribution in [0.5, 0.6) is 11.5 Å². The van der Waals surface area contributed by atoms with Crippen molar-refractivity contribution < 1.29 is 19.0 Å². The second-order valence-electron chi connectivity index (χ2n) is 3.71. The van der Waals surface area contributed by atoms with Crippen LogP contribution >= 0.6 is 11.3 Å². The molecular weight excluding hydrogens is 280 g/mol. The number of thiazole rings is 1. The van der Waals surface area contributed by atoms with E-state index in [0.717, 1.165) is 0 Å². The van der Waals surface area contributed by atoms with Crippen molar-refractivity contribution in [1.29, 1.82) is 0 Å². The van der Waals surface area contributed by atoms with E-state index in [0.29, 0.717) is 27.2 Å². The molecule has 7 heteroatoms. The quantitative estimate of drug-likeness (QED) is 0.855. The van der Waals surface area contributed by atoms with E-state index in [1.165, 1.54) is 24.6 Å². The predicted octanol–water partition coefficient (Wildman–Crippen LogP) is 2.69. The first kappa shape index (κ1) is 14.1. The van der Waals surface area contributed by atoms with Crippen molar-refractivity contribution in [3.8, 4) is 11.5 Å². The molecule has 1 heterocycles. The molecule has 20 heavy (non-hydrogen) atoms. The van der Waals surface area contributed by atoms with E-state index in [2.05, 4.69) is 15.0 Å². The van der Waals surface area contributed by atoms with Gasteiger partial charge in [0.2, 0.25) is 0 Å². The Labute approximate surface area is 120 Å². The molecule has 0 saturated heterocycles. The maximum absolute atomic E-state index is 11.4. The topological polar surface area (TPSA) is 69.7 Å². The van der Waals surface area contributed by atoms with Gasteiger partial charge < -0.3 is 19.5 Å². The fraction of sp³-hybridized carbons (Fsp3) is 0.231. The molecule has 0 fully saturated rings. The number of methoxy groups -OCH3 is 3. The number of rotatable bonds is 5. The Morgan fingerprint density at radius 2 is 2.05 bits per heavy atom. The highest BCUT2D eigenvalue weighted by Crippen LogP contribution is 2.32. The summed E-state index contributed by atoms with van der Waals surface area (Å²) < 4.78 is 15.1. The van der Waals surface area contributed by atoms with Crippen LogP contribution in [-0.2, 0) is 4.74 Å².